The number of hydrogen-bond acceptors (Lipinski definition) is 7. The molecule has 0 spiro atoms. The number of aliphatic hydroxyl groups is 2. The molecule has 3 rings (SSSR count). The Labute approximate surface area is 153 Å². The van der Waals surface area contributed by atoms with Gasteiger partial charge in [0.05, 0.1) is 22.9 Å². The molecule has 2 saturated heterocycles. The van der Waals surface area contributed by atoms with E-state index in [1.54, 1.807) is 4.90 Å². The van der Waals surface area contributed by atoms with Crippen LogP contribution in [-0.2, 0) is 14.4 Å². The lowest BCUT2D eigenvalue weighted by Crippen LogP contribution is -2.60. The minimum atomic E-state index is -1.15. The number of carboxylic acid groups (broad SMARTS) is 1. The third-order valence-corrected chi connectivity index (χ3v) is 7.42. The number of carboxylic acids is 1. The molecule has 0 aromatic carbocycles. The van der Waals surface area contributed by atoms with Crippen LogP contribution in [0.5, 0.6) is 0 Å². The molecule has 0 radical (unpaired) electrons. The summed E-state index contributed by atoms with van der Waals surface area (Å²) in [7, 11) is 0. The third-order valence-electron chi connectivity index (χ3n) is 4.57. The highest BCUT2D eigenvalue weighted by Crippen LogP contribution is 2.55. The second-order valence-corrected chi connectivity index (χ2v) is 8.96. The van der Waals surface area contributed by atoms with Gasteiger partial charge in [-0.2, -0.15) is 0 Å². The highest BCUT2D eigenvalue weighted by Gasteiger charge is 2.58. The smallest absolute Gasteiger partial charge is 0.354 e. The number of carbonyl (C=O) groups is 3. The van der Waals surface area contributed by atoms with Crippen molar-refractivity contribution >= 4 is 41.3 Å². The van der Waals surface area contributed by atoms with Crippen LogP contribution in [0.1, 0.15) is 19.8 Å². The summed E-state index contributed by atoms with van der Waals surface area (Å²) < 4.78 is 0.565. The van der Waals surface area contributed by atoms with Crippen molar-refractivity contribution in [2.75, 3.05) is 19.7 Å². The number of amides is 2. The van der Waals surface area contributed by atoms with Crippen molar-refractivity contribution in [2.45, 2.75) is 36.5 Å². The molecule has 0 aromatic heterocycles. The van der Waals surface area contributed by atoms with Crippen molar-refractivity contribution in [1.82, 2.24) is 9.80 Å². The maximum Gasteiger partial charge on any atom is 0.354 e. The van der Waals surface area contributed by atoms with Crippen LogP contribution in [0.2, 0.25) is 0 Å². The van der Waals surface area contributed by atoms with Gasteiger partial charge in [0, 0.05) is 24.8 Å². The highest BCUT2D eigenvalue weighted by molar-refractivity contribution is 8.23. The number of hydrogen-bond donors (Lipinski definition) is 3. The lowest BCUT2D eigenvalue weighted by Gasteiger charge is -2.43. The molecule has 0 aromatic rings. The van der Waals surface area contributed by atoms with Gasteiger partial charge in [-0.15, -0.1) is 11.8 Å². The van der Waals surface area contributed by atoms with Crippen molar-refractivity contribution in [3.05, 3.63) is 9.93 Å². The number of aliphatic hydroxyl groups excluding tert-OH is 2. The van der Waals surface area contributed by atoms with Gasteiger partial charge in [-0.25, -0.2) is 4.79 Å². The van der Waals surface area contributed by atoms with Gasteiger partial charge < -0.3 is 20.2 Å². The van der Waals surface area contributed by atoms with E-state index >= 15 is 0 Å². The number of β-lactam (4-membered cyclic amide) rings is 1. The summed E-state index contributed by atoms with van der Waals surface area (Å²) in [4.78, 5) is 38.6. The molecule has 8 nitrogen and oxygen atoms in total. The number of fused-ring (bicyclic) bond motifs is 1. The third kappa shape index (κ3) is 3.27. The Morgan fingerprint density at radius 2 is 2.16 bits per heavy atom. The number of likely N-dealkylation sites (tertiary alicyclic amines) is 1. The Kier molecular flexibility index (Phi) is 5.33. The van der Waals surface area contributed by atoms with Gasteiger partial charge in [0.2, 0.25) is 11.8 Å². The number of thioether (sulfide) groups is 2. The Balaban J connectivity index is 1.69. The van der Waals surface area contributed by atoms with E-state index in [0.717, 1.165) is 6.42 Å². The number of rotatable bonds is 6. The minimum Gasteiger partial charge on any atom is -0.477 e. The largest absolute Gasteiger partial charge is 0.477 e. The molecule has 3 unspecified atom stereocenters. The van der Waals surface area contributed by atoms with Crippen molar-refractivity contribution in [3.8, 4) is 0 Å². The molecule has 3 aliphatic heterocycles. The van der Waals surface area contributed by atoms with Crippen LogP contribution in [0.3, 0.4) is 0 Å². The second-order valence-electron chi connectivity index (χ2n) is 6.27. The average molecular weight is 388 g/mol. The topological polar surface area (TPSA) is 118 Å². The van der Waals surface area contributed by atoms with E-state index in [-0.39, 0.29) is 41.2 Å². The quantitative estimate of drug-likeness (QED) is 0.539. The molecule has 0 saturated carbocycles. The molecule has 3 heterocycles. The van der Waals surface area contributed by atoms with Crippen LogP contribution in [-0.4, -0.2) is 79.3 Å². The molecular weight excluding hydrogens is 368 g/mol. The van der Waals surface area contributed by atoms with Crippen LogP contribution >= 0.6 is 23.5 Å². The van der Waals surface area contributed by atoms with E-state index in [2.05, 4.69) is 0 Å². The Hall–Kier alpha value is -1.23. The maximum absolute atomic E-state index is 12.2. The molecular formula is C15H20N2O6S2. The summed E-state index contributed by atoms with van der Waals surface area (Å²) >= 11 is 2.69. The van der Waals surface area contributed by atoms with Crippen molar-refractivity contribution in [2.24, 2.45) is 5.92 Å². The normalized spacial score (nSPS) is 29.7. The van der Waals surface area contributed by atoms with Crippen molar-refractivity contribution < 1.29 is 29.7 Å². The number of carbonyl (C=O) groups excluding carboxylic acids is 2. The monoisotopic (exact) mass is 388 g/mol. The summed E-state index contributed by atoms with van der Waals surface area (Å²) in [5.74, 6) is -2.19. The zero-order valence-electron chi connectivity index (χ0n) is 13.6. The first-order valence-electron chi connectivity index (χ1n) is 8.05. The standard InChI is InChI=1S/C15H20N2O6S2/c1-7(19)10-12(21)17-11(14(22)23)15(25-13(10)17)24-8-2-4-16(6-8)9(20)3-5-18/h7-8,10,13,18-19H,2-6H2,1H3,(H,22,23)/t7?,8?,10?,13-/m1/s1. The van der Waals surface area contributed by atoms with E-state index in [9.17, 15) is 24.6 Å². The summed E-state index contributed by atoms with van der Waals surface area (Å²) in [6.45, 7) is 2.43. The van der Waals surface area contributed by atoms with Crippen LogP contribution in [0.15, 0.2) is 9.93 Å². The van der Waals surface area contributed by atoms with Crippen LogP contribution in [0, 0.1) is 5.92 Å². The SMILES string of the molecule is CC(O)C1C(=O)N2C(C(=O)O)=C(SC3CCN(C(=O)CCO)C3)S[C@H]12. The molecule has 10 heteroatoms. The fraction of sp³-hybridized carbons (Fsp3) is 0.667. The summed E-state index contributed by atoms with van der Waals surface area (Å²) in [6.07, 6.45) is 0.00563. The van der Waals surface area contributed by atoms with Gasteiger partial charge in [0.15, 0.2) is 5.70 Å². The fourth-order valence-electron chi connectivity index (χ4n) is 3.29. The predicted molar refractivity (Wildman–Crippen MR) is 92.3 cm³/mol. The summed E-state index contributed by atoms with van der Waals surface area (Å²) in [6, 6.07) is 0. The first-order valence-corrected chi connectivity index (χ1v) is 9.81. The van der Waals surface area contributed by atoms with Crippen molar-refractivity contribution in [1.29, 1.82) is 0 Å². The maximum atomic E-state index is 12.2. The number of nitrogens with zero attached hydrogens (tertiary/aromatic N) is 2. The van der Waals surface area contributed by atoms with E-state index < -0.39 is 18.0 Å². The molecule has 4 atom stereocenters. The summed E-state index contributed by atoms with van der Waals surface area (Å²) in [5, 5.41) is 27.8. The minimum absolute atomic E-state index is 0.0120. The van der Waals surface area contributed by atoms with E-state index in [1.165, 1.54) is 35.3 Å². The second kappa shape index (κ2) is 7.18. The highest BCUT2D eigenvalue weighted by atomic mass is 32.2. The zero-order valence-corrected chi connectivity index (χ0v) is 15.3. The first-order chi connectivity index (χ1) is 11.8. The van der Waals surface area contributed by atoms with E-state index in [4.69, 9.17) is 5.11 Å². The zero-order chi connectivity index (χ0) is 18.3. The van der Waals surface area contributed by atoms with Gasteiger partial charge in [0.25, 0.3) is 0 Å². The molecule has 3 aliphatic rings. The van der Waals surface area contributed by atoms with E-state index in [0.29, 0.717) is 17.3 Å². The van der Waals surface area contributed by atoms with Gasteiger partial charge in [-0.1, -0.05) is 11.8 Å². The van der Waals surface area contributed by atoms with Crippen LogP contribution < -0.4 is 0 Å². The predicted octanol–water partition coefficient (Wildman–Crippen LogP) is -0.131. The van der Waals surface area contributed by atoms with Gasteiger partial charge in [0.1, 0.15) is 5.37 Å². The van der Waals surface area contributed by atoms with Gasteiger partial charge in [-0.3, -0.25) is 14.5 Å². The summed E-state index contributed by atoms with van der Waals surface area (Å²) in [5.41, 5.74) is -0.0120. The Morgan fingerprint density at radius 1 is 1.44 bits per heavy atom. The van der Waals surface area contributed by atoms with Gasteiger partial charge in [-0.05, 0) is 13.3 Å². The molecule has 0 aliphatic carbocycles. The molecule has 25 heavy (non-hydrogen) atoms. The molecule has 0 bridgehead atoms. The lowest BCUT2D eigenvalue weighted by molar-refractivity contribution is -0.156. The van der Waals surface area contributed by atoms with Gasteiger partial charge >= 0.3 is 5.97 Å². The van der Waals surface area contributed by atoms with E-state index in [1.807, 2.05) is 0 Å². The molecule has 2 fully saturated rings. The van der Waals surface area contributed by atoms with Crippen molar-refractivity contribution in [3.63, 3.8) is 0 Å². The molecule has 3 N–H and O–H groups in total. The fourth-order valence-corrected chi connectivity index (χ4v) is 6.61. The lowest BCUT2D eigenvalue weighted by atomic mass is 9.92. The van der Waals surface area contributed by atoms with Crippen LogP contribution in [0.4, 0.5) is 0 Å². The molecule has 138 valence electrons. The number of aliphatic carboxylic acids is 1. The average Bonchev–Trinajstić information content (AvgIpc) is 3.10. The Bertz CT molecular complexity index is 638. The first kappa shape index (κ1) is 18.6. The molecule has 2 amide bonds. The Morgan fingerprint density at radius 3 is 2.76 bits per heavy atom. The van der Waals surface area contributed by atoms with Crippen LogP contribution in [0.25, 0.3) is 0 Å².